The van der Waals surface area contributed by atoms with E-state index in [2.05, 4.69) is 179 Å². The highest BCUT2D eigenvalue weighted by atomic mass is 16.3. The van der Waals surface area contributed by atoms with Gasteiger partial charge in [0.15, 0.2) is 0 Å². The van der Waals surface area contributed by atoms with Gasteiger partial charge in [-0.05, 0) is 63.0 Å². The van der Waals surface area contributed by atoms with Gasteiger partial charge < -0.3 is 8.98 Å². The van der Waals surface area contributed by atoms with Crippen LogP contribution in [-0.2, 0) is 0 Å². The summed E-state index contributed by atoms with van der Waals surface area (Å²) < 4.78 is 11.4. The van der Waals surface area contributed by atoms with Gasteiger partial charge in [0.2, 0.25) is 11.7 Å². The highest BCUT2D eigenvalue weighted by Crippen LogP contribution is 2.48. The normalized spacial score (nSPS) is 12.1. The fourth-order valence-corrected chi connectivity index (χ4v) is 9.63. The van der Waals surface area contributed by atoms with Crippen LogP contribution in [0, 0.1) is 0 Å². The molecule has 0 radical (unpaired) electrons. The zero-order valence-electron chi connectivity index (χ0n) is 31.7. The zero-order valence-corrected chi connectivity index (χ0v) is 31.7. The number of para-hydroxylation sites is 3. The molecule has 9 aromatic carbocycles. The van der Waals surface area contributed by atoms with Crippen LogP contribution >= 0.6 is 0 Å². The van der Waals surface area contributed by atoms with E-state index in [-0.39, 0.29) is 0 Å². The number of fused-ring (bicyclic) bond motifs is 15. The Morgan fingerprint density at radius 1 is 0.356 bits per heavy atom. The van der Waals surface area contributed by atoms with Gasteiger partial charge in [0, 0.05) is 38.2 Å². The molecule has 0 aliphatic rings. The largest absolute Gasteiger partial charge is 0.437 e. The van der Waals surface area contributed by atoms with Crippen molar-refractivity contribution in [2.45, 2.75) is 0 Å². The Morgan fingerprint density at radius 3 is 1.75 bits per heavy atom. The third-order valence-electron chi connectivity index (χ3n) is 12.1. The van der Waals surface area contributed by atoms with Crippen molar-refractivity contribution in [1.29, 1.82) is 0 Å². The van der Waals surface area contributed by atoms with Gasteiger partial charge in [-0.2, -0.15) is 4.98 Å². The molecule has 0 aliphatic carbocycles. The first-order valence-electron chi connectivity index (χ1n) is 20.0. The predicted octanol–water partition coefficient (Wildman–Crippen LogP) is 14.2. The van der Waals surface area contributed by atoms with Crippen molar-refractivity contribution < 1.29 is 4.42 Å². The summed E-state index contributed by atoms with van der Waals surface area (Å²) in [6.45, 7) is 0. The summed E-state index contributed by atoms with van der Waals surface area (Å²) in [6, 6.07) is 68.9. The Morgan fingerprint density at radius 2 is 0.949 bits per heavy atom. The molecule has 5 nitrogen and oxygen atoms in total. The van der Waals surface area contributed by atoms with Crippen LogP contribution in [0.15, 0.2) is 199 Å². The highest BCUT2D eigenvalue weighted by Gasteiger charge is 2.27. The summed E-state index contributed by atoms with van der Waals surface area (Å²) in [5.74, 6) is 0.552. The number of benzene rings is 9. The molecule has 0 unspecified atom stereocenters. The summed E-state index contributed by atoms with van der Waals surface area (Å²) in [7, 11) is 0. The van der Waals surface area contributed by atoms with Crippen LogP contribution in [0.25, 0.3) is 121 Å². The zero-order chi connectivity index (χ0) is 38.6. The summed E-state index contributed by atoms with van der Waals surface area (Å²) in [5.41, 5.74) is 10.9. The van der Waals surface area contributed by atoms with Gasteiger partial charge in [0.1, 0.15) is 5.58 Å². The molecular weight excluding hydrogens is 721 g/mol. The molecule has 4 aromatic heterocycles. The smallest absolute Gasteiger partial charge is 0.238 e. The van der Waals surface area contributed by atoms with Crippen molar-refractivity contribution in [3.05, 3.63) is 194 Å². The molecule has 59 heavy (non-hydrogen) atoms. The van der Waals surface area contributed by atoms with E-state index >= 15 is 0 Å². The van der Waals surface area contributed by atoms with E-state index in [0.717, 1.165) is 71.7 Å². The molecule has 274 valence electrons. The minimum atomic E-state index is 0.552. The average molecular weight is 753 g/mol. The molecule has 5 heteroatoms. The highest BCUT2D eigenvalue weighted by molar-refractivity contribution is 6.39. The topological polar surface area (TPSA) is 48.8 Å². The molecule has 4 heterocycles. The predicted molar refractivity (Wildman–Crippen MR) is 244 cm³/mol. The van der Waals surface area contributed by atoms with Crippen LogP contribution in [0.5, 0.6) is 0 Å². The van der Waals surface area contributed by atoms with Crippen LogP contribution in [0.4, 0.5) is 0 Å². The standard InChI is InChI=1S/C54H32N4O/c1-3-15-33(16-4-1)34-27-29-36(30-28-34)50-49-42-24-12-14-26-45(42)59-53(49)56-54(55-50)58-43-25-13-11-23-41(43)46-39-21-9-10-22-40(39)48-47-38-20-8-7-17-35(38)31-32-44(47)57(52(48)51(46)58)37-18-5-2-6-19-37/h1-32H. The van der Waals surface area contributed by atoms with Gasteiger partial charge in [-0.15, -0.1) is 0 Å². The number of rotatable bonds is 4. The fourth-order valence-electron chi connectivity index (χ4n) is 9.63. The Balaban J connectivity index is 1.23. The molecule has 0 aliphatic heterocycles. The first kappa shape index (κ1) is 32.1. The van der Waals surface area contributed by atoms with Gasteiger partial charge in [0.05, 0.1) is 33.1 Å². The minimum absolute atomic E-state index is 0.552. The fraction of sp³-hybridized carbons (Fsp3) is 0. The number of aromatic nitrogens is 4. The first-order valence-corrected chi connectivity index (χ1v) is 20.0. The maximum absolute atomic E-state index is 6.65. The third-order valence-corrected chi connectivity index (χ3v) is 12.1. The lowest BCUT2D eigenvalue weighted by molar-refractivity contribution is 0.651. The number of hydrogen-bond donors (Lipinski definition) is 0. The molecule has 0 atom stereocenters. The van der Waals surface area contributed by atoms with Gasteiger partial charge in [-0.1, -0.05) is 164 Å². The summed E-state index contributed by atoms with van der Waals surface area (Å²) in [6.07, 6.45) is 0. The van der Waals surface area contributed by atoms with Crippen LogP contribution in [0.1, 0.15) is 0 Å². The number of nitrogens with zero attached hydrogens (tertiary/aromatic N) is 4. The molecule has 13 rings (SSSR count). The van der Waals surface area contributed by atoms with E-state index in [1.54, 1.807) is 0 Å². The van der Waals surface area contributed by atoms with Crippen molar-refractivity contribution in [2.24, 2.45) is 0 Å². The monoisotopic (exact) mass is 752 g/mol. The van der Waals surface area contributed by atoms with Gasteiger partial charge >= 0.3 is 0 Å². The minimum Gasteiger partial charge on any atom is -0.437 e. The molecule has 0 fully saturated rings. The Kier molecular flexibility index (Phi) is 6.66. The Hall–Kier alpha value is -8.02. The molecule has 0 spiro atoms. The number of hydrogen-bond acceptors (Lipinski definition) is 3. The van der Waals surface area contributed by atoms with Crippen molar-refractivity contribution in [2.75, 3.05) is 0 Å². The van der Waals surface area contributed by atoms with Crippen molar-refractivity contribution in [1.82, 2.24) is 19.1 Å². The van der Waals surface area contributed by atoms with Gasteiger partial charge in [-0.25, -0.2) is 4.98 Å². The molecule has 0 N–H and O–H groups in total. The van der Waals surface area contributed by atoms with Crippen LogP contribution in [0.3, 0.4) is 0 Å². The van der Waals surface area contributed by atoms with Crippen molar-refractivity contribution >= 4 is 87.2 Å². The van der Waals surface area contributed by atoms with Crippen molar-refractivity contribution in [3.8, 4) is 34.0 Å². The molecule has 0 amide bonds. The Labute approximate surface area is 337 Å². The summed E-state index contributed by atoms with van der Waals surface area (Å²) in [5, 5.41) is 11.4. The second-order valence-electron chi connectivity index (χ2n) is 15.3. The lowest BCUT2D eigenvalue weighted by atomic mass is 9.96. The maximum atomic E-state index is 6.65. The molecular formula is C54H32N4O. The average Bonchev–Trinajstić information content (AvgIpc) is 3.98. The van der Waals surface area contributed by atoms with E-state index in [1.807, 2.05) is 24.3 Å². The maximum Gasteiger partial charge on any atom is 0.238 e. The lowest BCUT2D eigenvalue weighted by Crippen LogP contribution is -2.04. The molecule has 0 bridgehead atoms. The van der Waals surface area contributed by atoms with Crippen LogP contribution < -0.4 is 0 Å². The molecule has 13 aromatic rings. The molecule has 0 saturated heterocycles. The second-order valence-corrected chi connectivity index (χ2v) is 15.3. The quantitative estimate of drug-likeness (QED) is 0.180. The summed E-state index contributed by atoms with van der Waals surface area (Å²) in [4.78, 5) is 11.0. The second kappa shape index (κ2) is 12.2. The Bertz CT molecular complexity index is 3820. The van der Waals surface area contributed by atoms with E-state index in [9.17, 15) is 0 Å². The van der Waals surface area contributed by atoms with Gasteiger partial charge in [0.25, 0.3) is 0 Å². The van der Waals surface area contributed by atoms with Crippen LogP contribution in [-0.4, -0.2) is 19.1 Å². The third kappa shape index (κ3) is 4.55. The van der Waals surface area contributed by atoms with E-state index < -0.39 is 0 Å². The van der Waals surface area contributed by atoms with E-state index in [4.69, 9.17) is 14.4 Å². The SMILES string of the molecule is c1ccc(-c2ccc(-c3nc(-n4c5ccccc5c5c6ccccc6c6c7c8ccccc8ccc7n(-c7ccccc7)c6c54)nc4oc5ccccc5c34)cc2)cc1. The lowest BCUT2D eigenvalue weighted by Gasteiger charge is -2.14. The van der Waals surface area contributed by atoms with E-state index in [1.165, 1.54) is 37.9 Å². The van der Waals surface area contributed by atoms with Gasteiger partial charge in [-0.3, -0.25) is 4.57 Å². The van der Waals surface area contributed by atoms with E-state index in [0.29, 0.717) is 11.7 Å². The van der Waals surface area contributed by atoms with Crippen molar-refractivity contribution in [3.63, 3.8) is 0 Å². The number of furan rings is 1. The van der Waals surface area contributed by atoms with Crippen LogP contribution in [0.2, 0.25) is 0 Å². The summed E-state index contributed by atoms with van der Waals surface area (Å²) >= 11 is 0. The molecule has 0 saturated carbocycles. The first-order chi connectivity index (χ1) is 29.3.